The van der Waals surface area contributed by atoms with Crippen LogP contribution in [0.15, 0.2) is 24.3 Å². The molecule has 0 amide bonds. The SMILES string of the molecule is CCNC(Cc1ccc(C)cc1)c1snnc1C(C)C. The first kappa shape index (κ1) is 15.1. The summed E-state index contributed by atoms with van der Waals surface area (Å²) < 4.78 is 4.15. The van der Waals surface area contributed by atoms with Gasteiger partial charge in [-0.2, -0.15) is 0 Å². The first-order chi connectivity index (χ1) is 9.61. The van der Waals surface area contributed by atoms with Gasteiger partial charge in [-0.1, -0.05) is 55.1 Å². The first-order valence-corrected chi connectivity index (χ1v) is 8.00. The van der Waals surface area contributed by atoms with Crippen LogP contribution < -0.4 is 5.32 Å². The van der Waals surface area contributed by atoms with Gasteiger partial charge in [0.15, 0.2) is 0 Å². The van der Waals surface area contributed by atoms with Gasteiger partial charge in [0.05, 0.1) is 10.6 Å². The van der Waals surface area contributed by atoms with Crippen LogP contribution in [0.1, 0.15) is 54.4 Å². The van der Waals surface area contributed by atoms with E-state index in [4.69, 9.17) is 0 Å². The number of nitrogens with one attached hydrogen (secondary N) is 1. The molecule has 0 radical (unpaired) electrons. The lowest BCUT2D eigenvalue weighted by Crippen LogP contribution is -2.23. The molecule has 3 nitrogen and oxygen atoms in total. The molecule has 0 aliphatic rings. The summed E-state index contributed by atoms with van der Waals surface area (Å²) in [5.41, 5.74) is 3.79. The summed E-state index contributed by atoms with van der Waals surface area (Å²) in [7, 11) is 0. The van der Waals surface area contributed by atoms with E-state index in [2.05, 4.69) is 66.9 Å². The molecular weight excluding hydrogens is 266 g/mol. The topological polar surface area (TPSA) is 37.8 Å². The molecule has 2 aromatic rings. The highest BCUT2D eigenvalue weighted by molar-refractivity contribution is 7.05. The van der Waals surface area contributed by atoms with E-state index in [1.54, 1.807) is 0 Å². The van der Waals surface area contributed by atoms with E-state index in [0.29, 0.717) is 12.0 Å². The molecule has 0 fully saturated rings. The second-order valence-corrected chi connectivity index (χ2v) is 6.26. The van der Waals surface area contributed by atoms with Crippen LogP contribution >= 0.6 is 11.5 Å². The van der Waals surface area contributed by atoms with Crippen molar-refractivity contribution in [2.75, 3.05) is 6.54 Å². The van der Waals surface area contributed by atoms with Crippen LogP contribution in [-0.2, 0) is 6.42 Å². The van der Waals surface area contributed by atoms with Gasteiger partial charge >= 0.3 is 0 Å². The predicted molar refractivity (Wildman–Crippen MR) is 85.3 cm³/mol. The van der Waals surface area contributed by atoms with Crippen molar-refractivity contribution in [2.24, 2.45) is 0 Å². The van der Waals surface area contributed by atoms with Gasteiger partial charge in [0.2, 0.25) is 0 Å². The number of benzene rings is 1. The third kappa shape index (κ3) is 3.64. The number of likely N-dealkylation sites (N-methyl/N-ethyl adjacent to an activating group) is 1. The number of rotatable bonds is 6. The Bertz CT molecular complexity index is 531. The molecule has 0 aliphatic heterocycles. The molecule has 4 heteroatoms. The minimum Gasteiger partial charge on any atom is -0.309 e. The summed E-state index contributed by atoms with van der Waals surface area (Å²) in [5, 5.41) is 7.88. The third-order valence-corrected chi connectivity index (χ3v) is 4.27. The van der Waals surface area contributed by atoms with Crippen LogP contribution in [0.2, 0.25) is 0 Å². The molecule has 0 aliphatic carbocycles. The van der Waals surface area contributed by atoms with Crippen molar-refractivity contribution in [3.63, 3.8) is 0 Å². The Morgan fingerprint density at radius 2 is 1.90 bits per heavy atom. The standard InChI is InChI=1S/C16H23N3S/c1-5-17-14(10-13-8-6-12(4)7-9-13)16-15(11(2)3)18-19-20-16/h6-9,11,14,17H,5,10H2,1-4H3. The molecule has 108 valence electrons. The van der Waals surface area contributed by atoms with Crippen LogP contribution in [-0.4, -0.2) is 16.1 Å². The quantitative estimate of drug-likeness (QED) is 0.877. The summed E-state index contributed by atoms with van der Waals surface area (Å²) >= 11 is 1.52. The molecule has 1 N–H and O–H groups in total. The van der Waals surface area contributed by atoms with Crippen LogP contribution in [0.3, 0.4) is 0 Å². The Morgan fingerprint density at radius 3 is 2.50 bits per heavy atom. The van der Waals surface area contributed by atoms with Crippen molar-refractivity contribution in [3.05, 3.63) is 46.0 Å². The predicted octanol–water partition coefficient (Wildman–Crippen LogP) is 3.86. The summed E-state index contributed by atoms with van der Waals surface area (Å²) in [4.78, 5) is 1.28. The molecule has 1 atom stereocenters. The smallest absolute Gasteiger partial charge is 0.0829 e. The average Bonchev–Trinajstić information content (AvgIpc) is 2.90. The van der Waals surface area contributed by atoms with Crippen molar-refractivity contribution in [1.82, 2.24) is 14.9 Å². The van der Waals surface area contributed by atoms with Crippen LogP contribution in [0.25, 0.3) is 0 Å². The maximum atomic E-state index is 4.30. The first-order valence-electron chi connectivity index (χ1n) is 7.22. The molecule has 1 aromatic heterocycles. The van der Waals surface area contributed by atoms with Crippen molar-refractivity contribution >= 4 is 11.5 Å². The summed E-state index contributed by atoms with van der Waals surface area (Å²) in [6.07, 6.45) is 0.984. The van der Waals surface area contributed by atoms with Gasteiger partial charge in [-0.25, -0.2) is 0 Å². The molecule has 0 saturated carbocycles. The van der Waals surface area contributed by atoms with Crippen molar-refractivity contribution in [1.29, 1.82) is 0 Å². The molecule has 0 spiro atoms. The molecule has 1 heterocycles. The van der Waals surface area contributed by atoms with E-state index in [1.165, 1.54) is 27.5 Å². The lowest BCUT2D eigenvalue weighted by molar-refractivity contribution is 0.549. The second-order valence-electron chi connectivity index (χ2n) is 5.48. The maximum Gasteiger partial charge on any atom is 0.0829 e. The van der Waals surface area contributed by atoms with Crippen molar-refractivity contribution in [2.45, 2.75) is 46.1 Å². The zero-order valence-corrected chi connectivity index (χ0v) is 13.5. The largest absolute Gasteiger partial charge is 0.309 e. The molecular formula is C16H23N3S. The zero-order chi connectivity index (χ0) is 14.5. The van der Waals surface area contributed by atoms with Crippen LogP contribution in [0.4, 0.5) is 0 Å². The van der Waals surface area contributed by atoms with E-state index in [-0.39, 0.29) is 0 Å². The van der Waals surface area contributed by atoms with Gasteiger partial charge in [0.1, 0.15) is 0 Å². The molecule has 1 unspecified atom stereocenters. The Balaban J connectivity index is 2.22. The van der Waals surface area contributed by atoms with Gasteiger partial charge < -0.3 is 5.32 Å². The van der Waals surface area contributed by atoms with Gasteiger partial charge in [-0.3, -0.25) is 0 Å². The highest BCUT2D eigenvalue weighted by Crippen LogP contribution is 2.28. The van der Waals surface area contributed by atoms with E-state index in [0.717, 1.165) is 18.7 Å². The lowest BCUT2D eigenvalue weighted by Gasteiger charge is -2.18. The van der Waals surface area contributed by atoms with E-state index < -0.39 is 0 Å². The average molecular weight is 289 g/mol. The molecule has 20 heavy (non-hydrogen) atoms. The number of aryl methyl sites for hydroxylation is 1. The van der Waals surface area contributed by atoms with Gasteiger partial charge in [0.25, 0.3) is 0 Å². The monoisotopic (exact) mass is 289 g/mol. The Morgan fingerprint density at radius 1 is 1.20 bits per heavy atom. The Labute approximate surface area is 125 Å². The van der Waals surface area contributed by atoms with Crippen LogP contribution in [0.5, 0.6) is 0 Å². The number of nitrogens with zero attached hydrogens (tertiary/aromatic N) is 2. The maximum absolute atomic E-state index is 4.30. The Hall–Kier alpha value is -1.26. The van der Waals surface area contributed by atoms with Gasteiger partial charge in [-0.05, 0) is 42.9 Å². The summed E-state index contributed by atoms with van der Waals surface area (Å²) in [5.74, 6) is 0.419. The Kier molecular flexibility index (Phi) is 5.26. The van der Waals surface area contributed by atoms with Gasteiger partial charge in [-0.15, -0.1) is 5.10 Å². The molecule has 1 aromatic carbocycles. The zero-order valence-electron chi connectivity index (χ0n) is 12.7. The highest BCUT2D eigenvalue weighted by atomic mass is 32.1. The minimum atomic E-state index is 0.306. The number of hydrogen-bond acceptors (Lipinski definition) is 4. The van der Waals surface area contributed by atoms with Gasteiger partial charge in [0, 0.05) is 6.04 Å². The normalized spacial score (nSPS) is 12.8. The number of hydrogen-bond donors (Lipinski definition) is 1. The fourth-order valence-corrected chi connectivity index (χ4v) is 3.19. The molecule has 0 bridgehead atoms. The van der Waals surface area contributed by atoms with Crippen molar-refractivity contribution in [3.8, 4) is 0 Å². The van der Waals surface area contributed by atoms with E-state index >= 15 is 0 Å². The molecule has 0 saturated heterocycles. The van der Waals surface area contributed by atoms with Crippen LogP contribution in [0, 0.1) is 6.92 Å². The van der Waals surface area contributed by atoms with E-state index in [9.17, 15) is 0 Å². The summed E-state index contributed by atoms with van der Waals surface area (Å²) in [6.45, 7) is 9.57. The van der Waals surface area contributed by atoms with Crippen molar-refractivity contribution < 1.29 is 0 Å². The van der Waals surface area contributed by atoms with E-state index in [1.807, 2.05) is 0 Å². The minimum absolute atomic E-state index is 0.306. The molecule has 2 rings (SSSR count). The lowest BCUT2D eigenvalue weighted by atomic mass is 9.99. The fourth-order valence-electron chi connectivity index (χ4n) is 2.31. The number of aromatic nitrogens is 2. The second kappa shape index (κ2) is 6.95. The fraction of sp³-hybridized carbons (Fsp3) is 0.500. The highest BCUT2D eigenvalue weighted by Gasteiger charge is 2.20. The summed E-state index contributed by atoms with van der Waals surface area (Å²) in [6, 6.07) is 9.08. The third-order valence-electron chi connectivity index (χ3n) is 3.41.